The van der Waals surface area contributed by atoms with Crippen molar-refractivity contribution >= 4 is 22.5 Å². The predicted molar refractivity (Wildman–Crippen MR) is 130 cm³/mol. The molecular weight excluding hydrogens is 432 g/mol. The van der Waals surface area contributed by atoms with Crippen molar-refractivity contribution in [2.24, 2.45) is 5.73 Å². The number of anilines is 1. The highest BCUT2D eigenvalue weighted by atomic mass is 32.1. The van der Waals surface area contributed by atoms with E-state index < -0.39 is 0 Å². The molecule has 8 nitrogen and oxygen atoms in total. The first-order chi connectivity index (χ1) is 16.0. The summed E-state index contributed by atoms with van der Waals surface area (Å²) in [5.41, 5.74) is 10.4. The highest BCUT2D eigenvalue weighted by Crippen LogP contribution is 2.38. The molecule has 33 heavy (non-hydrogen) atoms. The number of nitrogens with zero attached hydrogens (tertiary/aromatic N) is 6. The van der Waals surface area contributed by atoms with E-state index in [1.165, 1.54) is 0 Å². The first-order valence-electron chi connectivity index (χ1n) is 11.3. The van der Waals surface area contributed by atoms with Gasteiger partial charge in [-0.2, -0.15) is 10.4 Å². The number of pyridine rings is 1. The van der Waals surface area contributed by atoms with E-state index in [4.69, 9.17) is 5.73 Å². The number of fused-ring (bicyclic) bond motifs is 1. The van der Waals surface area contributed by atoms with Crippen LogP contribution in [0.15, 0.2) is 36.7 Å². The molecule has 0 radical (unpaired) electrons. The van der Waals surface area contributed by atoms with Crippen LogP contribution in [0.1, 0.15) is 56.0 Å². The van der Waals surface area contributed by atoms with E-state index in [2.05, 4.69) is 45.5 Å². The lowest BCUT2D eigenvalue weighted by Crippen LogP contribution is -2.25. The minimum Gasteiger partial charge on any atom is -0.382 e. The lowest BCUT2D eigenvalue weighted by molar-refractivity contribution is 0.393. The van der Waals surface area contributed by atoms with Crippen molar-refractivity contribution in [1.29, 1.82) is 5.26 Å². The fourth-order valence-corrected chi connectivity index (χ4v) is 5.34. The predicted octanol–water partition coefficient (Wildman–Crippen LogP) is 4.59. The summed E-state index contributed by atoms with van der Waals surface area (Å²) in [6.45, 7) is 4.18. The lowest BCUT2D eigenvalue weighted by atomic mass is 9.87. The Morgan fingerprint density at radius 1 is 1.21 bits per heavy atom. The third-order valence-electron chi connectivity index (χ3n) is 6.02. The topological polar surface area (TPSA) is 118 Å². The standard InChI is InChI=1S/C24H26N8S/c1-14(2)28-20-11-21(22-16(12-25)10-18-4-3-9-32(18)31-22)27-13-19(20)24-30-29-23(33-24)15-5-7-17(26)8-6-15/h3-4,9-11,13-15,17H,5-8,26H2,1-2H3,(H,27,28). The monoisotopic (exact) mass is 458 g/mol. The van der Waals surface area contributed by atoms with Crippen molar-refractivity contribution in [3.63, 3.8) is 0 Å². The second-order valence-electron chi connectivity index (χ2n) is 8.87. The van der Waals surface area contributed by atoms with E-state index in [0.717, 1.165) is 52.5 Å². The van der Waals surface area contributed by atoms with Gasteiger partial charge < -0.3 is 11.1 Å². The van der Waals surface area contributed by atoms with Crippen molar-refractivity contribution in [3.8, 4) is 28.0 Å². The third kappa shape index (κ3) is 4.32. The van der Waals surface area contributed by atoms with Crippen LogP contribution in [0.2, 0.25) is 0 Å². The van der Waals surface area contributed by atoms with Gasteiger partial charge in [0.15, 0.2) is 5.01 Å². The van der Waals surface area contributed by atoms with Gasteiger partial charge in [0, 0.05) is 36.1 Å². The van der Waals surface area contributed by atoms with Gasteiger partial charge >= 0.3 is 0 Å². The van der Waals surface area contributed by atoms with E-state index in [-0.39, 0.29) is 6.04 Å². The fourth-order valence-electron chi connectivity index (χ4n) is 4.30. The Morgan fingerprint density at radius 3 is 2.79 bits per heavy atom. The largest absolute Gasteiger partial charge is 0.382 e. The molecular formula is C24H26N8S. The molecule has 0 unspecified atom stereocenters. The van der Waals surface area contributed by atoms with Crippen molar-refractivity contribution in [1.82, 2.24) is 24.8 Å². The minimum absolute atomic E-state index is 0.210. The quantitative estimate of drug-likeness (QED) is 0.449. The Balaban J connectivity index is 1.53. The maximum Gasteiger partial charge on any atom is 0.151 e. The Labute approximate surface area is 196 Å². The molecule has 3 N–H and O–H groups in total. The minimum atomic E-state index is 0.210. The van der Waals surface area contributed by atoms with Crippen LogP contribution in [0.5, 0.6) is 0 Å². The van der Waals surface area contributed by atoms with E-state index in [1.54, 1.807) is 15.9 Å². The Bertz CT molecular complexity index is 1320. The summed E-state index contributed by atoms with van der Waals surface area (Å²) in [5.74, 6) is 0.431. The maximum absolute atomic E-state index is 9.70. The first kappa shape index (κ1) is 21.5. The van der Waals surface area contributed by atoms with Crippen LogP contribution in [-0.4, -0.2) is 36.9 Å². The normalized spacial score (nSPS) is 18.5. The van der Waals surface area contributed by atoms with E-state index >= 15 is 0 Å². The van der Waals surface area contributed by atoms with Crippen LogP contribution in [0.4, 0.5) is 5.69 Å². The molecule has 0 amide bonds. The molecule has 1 fully saturated rings. The zero-order valence-electron chi connectivity index (χ0n) is 18.7. The smallest absolute Gasteiger partial charge is 0.151 e. The number of nitrogens with two attached hydrogens (primary N) is 1. The number of aromatic nitrogens is 5. The fraction of sp³-hybridized carbons (Fsp3) is 0.375. The van der Waals surface area contributed by atoms with Gasteiger partial charge in [0.05, 0.1) is 22.3 Å². The molecule has 0 spiro atoms. The summed E-state index contributed by atoms with van der Waals surface area (Å²) in [5, 5.41) is 28.8. The summed E-state index contributed by atoms with van der Waals surface area (Å²) in [6, 6.07) is 10.4. The number of hydrogen-bond donors (Lipinski definition) is 2. The van der Waals surface area contributed by atoms with Gasteiger partial charge in [-0.1, -0.05) is 11.3 Å². The zero-order chi connectivity index (χ0) is 22.9. The summed E-state index contributed by atoms with van der Waals surface area (Å²) >= 11 is 1.63. The molecule has 1 aliphatic carbocycles. The van der Waals surface area contributed by atoms with Gasteiger partial charge in [0.2, 0.25) is 0 Å². The summed E-state index contributed by atoms with van der Waals surface area (Å²) in [6.07, 6.45) is 7.88. The lowest BCUT2D eigenvalue weighted by Gasteiger charge is -2.23. The Hall–Kier alpha value is -3.35. The van der Waals surface area contributed by atoms with Crippen molar-refractivity contribution in [2.45, 2.75) is 57.5 Å². The second-order valence-corrected chi connectivity index (χ2v) is 9.88. The van der Waals surface area contributed by atoms with Gasteiger partial charge in [-0.3, -0.25) is 4.98 Å². The number of nitrogens with one attached hydrogen (secondary N) is 1. The summed E-state index contributed by atoms with van der Waals surface area (Å²) in [7, 11) is 0. The summed E-state index contributed by atoms with van der Waals surface area (Å²) < 4.78 is 1.76. The van der Waals surface area contributed by atoms with Crippen LogP contribution >= 0.6 is 11.3 Å². The van der Waals surface area contributed by atoms with Gasteiger partial charge in [0.25, 0.3) is 0 Å². The van der Waals surface area contributed by atoms with Crippen molar-refractivity contribution in [3.05, 3.63) is 47.2 Å². The molecule has 4 heterocycles. The molecule has 0 saturated heterocycles. The van der Waals surface area contributed by atoms with Crippen LogP contribution in [0.3, 0.4) is 0 Å². The van der Waals surface area contributed by atoms with Gasteiger partial charge in [-0.25, -0.2) is 4.52 Å². The molecule has 1 saturated carbocycles. The summed E-state index contributed by atoms with van der Waals surface area (Å²) in [4.78, 5) is 4.68. The third-order valence-corrected chi connectivity index (χ3v) is 7.14. The van der Waals surface area contributed by atoms with E-state index in [9.17, 15) is 5.26 Å². The van der Waals surface area contributed by atoms with E-state index in [1.807, 2.05) is 36.7 Å². The number of hydrogen-bond acceptors (Lipinski definition) is 8. The zero-order valence-corrected chi connectivity index (χ0v) is 19.5. The Kier molecular flexibility index (Phi) is 5.79. The SMILES string of the molecule is CC(C)Nc1cc(-c2nn3cccc3cc2C#N)ncc1-c1nnc(C2CCC(N)CC2)s1. The van der Waals surface area contributed by atoms with Crippen LogP contribution in [-0.2, 0) is 0 Å². The van der Waals surface area contributed by atoms with Gasteiger partial charge in [0.1, 0.15) is 16.8 Å². The maximum atomic E-state index is 9.70. The van der Waals surface area contributed by atoms with Crippen LogP contribution < -0.4 is 11.1 Å². The van der Waals surface area contributed by atoms with Crippen molar-refractivity contribution < 1.29 is 0 Å². The molecule has 0 atom stereocenters. The molecule has 4 aromatic rings. The second kappa shape index (κ2) is 8.89. The van der Waals surface area contributed by atoms with Gasteiger partial charge in [-0.15, -0.1) is 10.2 Å². The average molecular weight is 459 g/mol. The molecule has 0 aromatic carbocycles. The van der Waals surface area contributed by atoms with Gasteiger partial charge in [-0.05, 0) is 63.8 Å². The Morgan fingerprint density at radius 2 is 2.03 bits per heavy atom. The number of nitriles is 1. The highest BCUT2D eigenvalue weighted by Gasteiger charge is 2.24. The average Bonchev–Trinajstić information content (AvgIpc) is 3.47. The molecule has 168 valence electrons. The molecule has 1 aliphatic rings. The molecule has 0 aliphatic heterocycles. The molecule has 5 rings (SSSR count). The first-order valence-corrected chi connectivity index (χ1v) is 12.1. The van der Waals surface area contributed by atoms with Crippen LogP contribution in [0, 0.1) is 11.3 Å². The molecule has 0 bridgehead atoms. The molecule has 4 aromatic heterocycles. The molecule has 9 heteroatoms. The van der Waals surface area contributed by atoms with Crippen LogP contribution in [0.25, 0.3) is 27.5 Å². The number of rotatable bonds is 5. The van der Waals surface area contributed by atoms with E-state index in [0.29, 0.717) is 28.9 Å². The van der Waals surface area contributed by atoms with Crippen molar-refractivity contribution in [2.75, 3.05) is 5.32 Å². The highest BCUT2D eigenvalue weighted by molar-refractivity contribution is 7.14.